The van der Waals surface area contributed by atoms with Gasteiger partial charge in [0.2, 0.25) is 0 Å². The summed E-state index contributed by atoms with van der Waals surface area (Å²) < 4.78 is 0. The van der Waals surface area contributed by atoms with E-state index in [1.165, 1.54) is 30.6 Å². The molecule has 0 spiro atoms. The summed E-state index contributed by atoms with van der Waals surface area (Å²) >= 11 is 5.87. The van der Waals surface area contributed by atoms with Crippen LogP contribution in [0.25, 0.3) is 0 Å². The molecule has 102 valence electrons. The fraction of sp³-hybridized carbons (Fsp3) is 0.0714. The predicted molar refractivity (Wildman–Crippen MR) is 73.8 cm³/mol. The topological polar surface area (TPSA) is 79.3 Å². The van der Waals surface area contributed by atoms with Crippen molar-refractivity contribution in [2.45, 2.75) is 6.54 Å². The van der Waals surface area contributed by atoms with Gasteiger partial charge < -0.3 is 10.4 Å². The molecule has 1 aromatic heterocycles. The van der Waals surface area contributed by atoms with Gasteiger partial charge in [0.25, 0.3) is 5.91 Å². The van der Waals surface area contributed by atoms with Gasteiger partial charge in [0.05, 0.1) is 16.1 Å². The summed E-state index contributed by atoms with van der Waals surface area (Å²) in [5, 5.41) is 11.8. The van der Waals surface area contributed by atoms with Crippen LogP contribution in [0.3, 0.4) is 0 Å². The first-order valence-corrected chi connectivity index (χ1v) is 6.15. The van der Waals surface area contributed by atoms with E-state index in [4.69, 9.17) is 16.7 Å². The first-order valence-electron chi connectivity index (χ1n) is 5.78. The SMILES string of the molecule is O=C(O)c1cccc(CNC(=O)c2ccncc2Cl)c1. The van der Waals surface area contributed by atoms with Crippen LogP contribution in [-0.4, -0.2) is 22.0 Å². The van der Waals surface area contributed by atoms with E-state index in [1.54, 1.807) is 12.1 Å². The van der Waals surface area contributed by atoms with Gasteiger partial charge in [-0.2, -0.15) is 0 Å². The predicted octanol–water partition coefficient (Wildman–Crippen LogP) is 2.36. The van der Waals surface area contributed by atoms with Gasteiger partial charge >= 0.3 is 5.97 Å². The van der Waals surface area contributed by atoms with Gasteiger partial charge in [-0.15, -0.1) is 0 Å². The molecular formula is C14H11ClN2O3. The van der Waals surface area contributed by atoms with Gasteiger partial charge in [-0.05, 0) is 23.8 Å². The number of aromatic nitrogens is 1. The van der Waals surface area contributed by atoms with E-state index in [2.05, 4.69) is 10.3 Å². The molecule has 0 unspecified atom stereocenters. The molecule has 5 nitrogen and oxygen atoms in total. The van der Waals surface area contributed by atoms with E-state index in [-0.39, 0.29) is 23.0 Å². The minimum atomic E-state index is -1.00. The minimum Gasteiger partial charge on any atom is -0.478 e. The number of rotatable bonds is 4. The molecule has 2 aromatic rings. The molecule has 0 bridgehead atoms. The summed E-state index contributed by atoms with van der Waals surface area (Å²) in [6, 6.07) is 7.89. The van der Waals surface area contributed by atoms with E-state index in [0.717, 1.165) is 0 Å². The molecule has 1 amide bonds. The second-order valence-corrected chi connectivity index (χ2v) is 4.45. The number of carboxylic acid groups (broad SMARTS) is 1. The standard InChI is InChI=1S/C14H11ClN2O3/c15-12-8-16-5-4-11(12)13(18)17-7-9-2-1-3-10(6-9)14(19)20/h1-6,8H,7H2,(H,17,18)(H,19,20). The quantitative estimate of drug-likeness (QED) is 0.906. The van der Waals surface area contributed by atoms with E-state index in [1.807, 2.05) is 0 Å². The van der Waals surface area contributed by atoms with Crippen molar-refractivity contribution in [1.29, 1.82) is 0 Å². The maximum atomic E-state index is 11.9. The summed E-state index contributed by atoms with van der Waals surface area (Å²) in [4.78, 5) is 26.6. The number of carbonyl (C=O) groups excluding carboxylic acids is 1. The molecule has 0 saturated carbocycles. The van der Waals surface area contributed by atoms with Crippen LogP contribution in [0.4, 0.5) is 0 Å². The van der Waals surface area contributed by atoms with Crippen molar-refractivity contribution >= 4 is 23.5 Å². The highest BCUT2D eigenvalue weighted by Crippen LogP contribution is 2.13. The van der Waals surface area contributed by atoms with Gasteiger partial charge in [-0.1, -0.05) is 23.7 Å². The van der Waals surface area contributed by atoms with Crippen LogP contribution >= 0.6 is 11.6 Å². The summed E-state index contributed by atoms with van der Waals surface area (Å²) in [6.07, 6.45) is 2.87. The Morgan fingerprint density at radius 1 is 1.30 bits per heavy atom. The monoisotopic (exact) mass is 290 g/mol. The minimum absolute atomic E-state index is 0.179. The zero-order valence-corrected chi connectivity index (χ0v) is 11.1. The Hall–Kier alpha value is -2.40. The third-order valence-corrected chi connectivity index (χ3v) is 2.95. The van der Waals surface area contributed by atoms with E-state index in [9.17, 15) is 9.59 Å². The van der Waals surface area contributed by atoms with E-state index in [0.29, 0.717) is 11.1 Å². The number of carboxylic acids is 1. The number of nitrogens with one attached hydrogen (secondary N) is 1. The average Bonchev–Trinajstić information content (AvgIpc) is 2.45. The van der Waals surface area contributed by atoms with Gasteiger partial charge in [-0.25, -0.2) is 4.79 Å². The first-order chi connectivity index (χ1) is 9.58. The molecular weight excluding hydrogens is 280 g/mol. The highest BCUT2D eigenvalue weighted by atomic mass is 35.5. The van der Waals surface area contributed by atoms with Crippen LogP contribution in [-0.2, 0) is 6.54 Å². The van der Waals surface area contributed by atoms with Crippen LogP contribution < -0.4 is 5.32 Å². The number of nitrogens with zero attached hydrogens (tertiary/aromatic N) is 1. The highest BCUT2D eigenvalue weighted by molar-refractivity contribution is 6.33. The van der Waals surface area contributed by atoms with Crippen molar-refractivity contribution in [1.82, 2.24) is 10.3 Å². The Morgan fingerprint density at radius 3 is 2.80 bits per heavy atom. The van der Waals surface area contributed by atoms with Crippen molar-refractivity contribution in [3.05, 3.63) is 64.4 Å². The fourth-order valence-corrected chi connectivity index (χ4v) is 1.86. The maximum Gasteiger partial charge on any atom is 0.335 e. The number of pyridine rings is 1. The molecule has 0 aliphatic carbocycles. The van der Waals surface area contributed by atoms with Crippen molar-refractivity contribution in [3.8, 4) is 0 Å². The second kappa shape index (κ2) is 6.16. The summed E-state index contributed by atoms with van der Waals surface area (Å²) in [7, 11) is 0. The zero-order valence-electron chi connectivity index (χ0n) is 10.3. The summed E-state index contributed by atoms with van der Waals surface area (Å²) in [6.45, 7) is 0.221. The Bertz CT molecular complexity index is 658. The number of carbonyl (C=O) groups is 2. The second-order valence-electron chi connectivity index (χ2n) is 4.04. The van der Waals surface area contributed by atoms with Crippen LogP contribution in [0.5, 0.6) is 0 Å². The average molecular weight is 291 g/mol. The molecule has 1 aromatic carbocycles. The molecule has 20 heavy (non-hydrogen) atoms. The van der Waals surface area contributed by atoms with E-state index < -0.39 is 5.97 Å². The van der Waals surface area contributed by atoms with Crippen LogP contribution in [0.15, 0.2) is 42.7 Å². The highest BCUT2D eigenvalue weighted by Gasteiger charge is 2.10. The number of hydrogen-bond acceptors (Lipinski definition) is 3. The number of amides is 1. The molecule has 0 saturated heterocycles. The van der Waals surface area contributed by atoms with Crippen LogP contribution in [0.1, 0.15) is 26.3 Å². The van der Waals surface area contributed by atoms with Gasteiger partial charge in [0.15, 0.2) is 0 Å². The Labute approximate surface area is 120 Å². The fourth-order valence-electron chi connectivity index (χ4n) is 1.65. The van der Waals surface area contributed by atoms with Crippen molar-refractivity contribution in [3.63, 3.8) is 0 Å². The molecule has 0 atom stereocenters. The third-order valence-electron chi connectivity index (χ3n) is 2.64. The lowest BCUT2D eigenvalue weighted by Gasteiger charge is -2.07. The largest absolute Gasteiger partial charge is 0.478 e. The number of benzene rings is 1. The van der Waals surface area contributed by atoms with Crippen molar-refractivity contribution in [2.24, 2.45) is 0 Å². The molecule has 0 fully saturated rings. The van der Waals surface area contributed by atoms with Crippen molar-refractivity contribution in [2.75, 3.05) is 0 Å². The van der Waals surface area contributed by atoms with Crippen molar-refractivity contribution < 1.29 is 14.7 Å². The molecule has 2 rings (SSSR count). The van der Waals surface area contributed by atoms with Gasteiger partial charge in [-0.3, -0.25) is 9.78 Å². The van der Waals surface area contributed by atoms with Gasteiger partial charge in [0.1, 0.15) is 0 Å². The lowest BCUT2D eigenvalue weighted by atomic mass is 10.1. The Morgan fingerprint density at radius 2 is 2.10 bits per heavy atom. The first kappa shape index (κ1) is 14.0. The lowest BCUT2D eigenvalue weighted by Crippen LogP contribution is -2.23. The number of aromatic carboxylic acids is 1. The number of halogens is 1. The molecule has 6 heteroatoms. The lowest BCUT2D eigenvalue weighted by molar-refractivity contribution is 0.0696. The normalized spacial score (nSPS) is 10.1. The molecule has 0 aliphatic heterocycles. The number of hydrogen-bond donors (Lipinski definition) is 2. The van der Waals surface area contributed by atoms with Crippen LogP contribution in [0.2, 0.25) is 5.02 Å². The maximum absolute atomic E-state index is 11.9. The summed E-state index contributed by atoms with van der Waals surface area (Å²) in [5.74, 6) is -1.34. The Kier molecular flexibility index (Phi) is 4.32. The molecule has 0 aliphatic rings. The molecule has 2 N–H and O–H groups in total. The smallest absolute Gasteiger partial charge is 0.335 e. The van der Waals surface area contributed by atoms with E-state index >= 15 is 0 Å². The molecule has 1 heterocycles. The zero-order chi connectivity index (χ0) is 14.5. The summed E-state index contributed by atoms with van der Waals surface area (Å²) in [5.41, 5.74) is 1.21. The Balaban J connectivity index is 2.06. The molecule has 0 radical (unpaired) electrons. The van der Waals surface area contributed by atoms with Gasteiger partial charge in [0, 0.05) is 18.9 Å². The third kappa shape index (κ3) is 3.33. The van der Waals surface area contributed by atoms with Crippen LogP contribution in [0, 0.1) is 0 Å².